The zero-order valence-corrected chi connectivity index (χ0v) is 17.5. The van der Waals surface area contributed by atoms with Crippen molar-refractivity contribution < 1.29 is 36.5 Å². The van der Waals surface area contributed by atoms with Gasteiger partial charge in [0.05, 0.1) is 0 Å². The Hall–Kier alpha value is -2.33. The van der Waals surface area contributed by atoms with Crippen molar-refractivity contribution in [3.05, 3.63) is 18.2 Å². The number of aliphatic carboxylic acids is 1. The molecule has 0 saturated carbocycles. The number of phenolic OH excluding ortho intramolecular Hbond substituents is 1. The molecule has 0 fully saturated rings. The second-order valence-corrected chi connectivity index (χ2v) is 9.07. The molecule has 11 nitrogen and oxygen atoms in total. The number of carboxylic acids is 1. The van der Waals surface area contributed by atoms with Crippen molar-refractivity contribution >= 4 is 42.0 Å². The van der Waals surface area contributed by atoms with Crippen LogP contribution in [0.5, 0.6) is 5.75 Å². The Morgan fingerprint density at radius 3 is 2.18 bits per heavy atom. The number of hydrogen-bond acceptors (Lipinski definition) is 6. The molecule has 0 saturated heterocycles. The molecule has 8 N–H and O–H groups in total. The van der Waals surface area contributed by atoms with E-state index in [0.29, 0.717) is 19.4 Å². The van der Waals surface area contributed by atoms with E-state index in [9.17, 15) is 23.2 Å². The Labute approximate surface area is 164 Å². The molecule has 0 spiro atoms. The van der Waals surface area contributed by atoms with E-state index in [1.54, 1.807) is 0 Å². The van der Waals surface area contributed by atoms with Crippen LogP contribution >= 0.6 is 0 Å². The summed E-state index contributed by atoms with van der Waals surface area (Å²) in [6.45, 7) is 3.08. The first-order valence-corrected chi connectivity index (χ1v) is 11.6. The van der Waals surface area contributed by atoms with E-state index < -0.39 is 42.2 Å². The van der Waals surface area contributed by atoms with Crippen molar-refractivity contribution in [1.82, 2.24) is 5.32 Å². The molecule has 2 amide bonds. The van der Waals surface area contributed by atoms with E-state index >= 15 is 0 Å². The van der Waals surface area contributed by atoms with Gasteiger partial charge in [0, 0.05) is 6.92 Å². The molecule has 0 aliphatic rings. The van der Waals surface area contributed by atoms with Gasteiger partial charge in [-0.2, -0.15) is 0 Å². The molecule has 0 heterocycles. The second-order valence-electron chi connectivity index (χ2n) is 5.77. The third-order valence-corrected chi connectivity index (χ3v) is 5.34. The number of unbranched alkanes of at least 4 members (excludes halogenated alkanes) is 1. The summed E-state index contributed by atoms with van der Waals surface area (Å²) in [5.41, 5.74) is 5.25. The van der Waals surface area contributed by atoms with Crippen LogP contribution < -0.4 is 20.7 Å². The number of carbonyl (C=O) groups is 3. The fourth-order valence-corrected chi connectivity index (χ4v) is 3.47. The average Bonchev–Trinajstić information content (AvgIpc) is 2.54. The molecule has 12 heteroatoms. The molecule has 0 radical (unpaired) electrons. The number of aromatic hydroxyl groups is 1. The van der Waals surface area contributed by atoms with Crippen LogP contribution in [0.25, 0.3) is 0 Å². The van der Waals surface area contributed by atoms with Crippen LogP contribution in [0.2, 0.25) is 0 Å². The van der Waals surface area contributed by atoms with Gasteiger partial charge < -0.3 is 16.2 Å². The maximum atomic E-state index is 11.0. The number of amides is 2. The quantitative estimate of drug-likeness (QED) is 0.138. The summed E-state index contributed by atoms with van der Waals surface area (Å²) in [4.78, 5) is 31.9. The van der Waals surface area contributed by atoms with Crippen molar-refractivity contribution in [2.24, 2.45) is 5.73 Å². The predicted octanol–water partition coefficient (Wildman–Crippen LogP) is -1.38. The number of anilines is 1. The van der Waals surface area contributed by atoms with Gasteiger partial charge in [-0.05, 0) is 25.8 Å². The molecule has 158 valence electrons. The Kier molecular flexibility index (Phi) is 11.2. The van der Waals surface area contributed by atoms with Crippen molar-refractivity contribution in [2.45, 2.75) is 39.2 Å². The van der Waals surface area contributed by atoms with Gasteiger partial charge in [-0.1, -0.05) is 0 Å². The van der Waals surface area contributed by atoms with Crippen LogP contribution in [0.3, 0.4) is 0 Å². The maximum absolute atomic E-state index is 11.0. The number of nitrogens with two attached hydrogens (primary N) is 1. The summed E-state index contributed by atoms with van der Waals surface area (Å²) in [5.74, 6) is -2.33. The molecule has 0 bridgehead atoms. The van der Waals surface area contributed by atoms with E-state index in [-0.39, 0.29) is 11.6 Å². The summed E-state index contributed by atoms with van der Waals surface area (Å²) in [6.07, 6.45) is 1.93. The van der Waals surface area contributed by atoms with E-state index in [1.807, 2.05) is 0 Å². The number of phenols is 1. The molecule has 1 atom stereocenters. The molecule has 28 heavy (non-hydrogen) atoms. The average molecular weight is 463 g/mol. The summed E-state index contributed by atoms with van der Waals surface area (Å²) in [5, 5.41) is 22.8. The first-order valence-electron chi connectivity index (χ1n) is 8.25. The number of carbonyl (C=O) groups excluding carboxylic acids is 2. The van der Waals surface area contributed by atoms with Gasteiger partial charge in [0.15, 0.2) is 0 Å². The number of para-hydroxylation sites is 1. The monoisotopic (exact) mass is 463 g/mol. The Balaban J connectivity index is 0.000000528. The van der Waals surface area contributed by atoms with E-state index in [4.69, 9.17) is 19.0 Å². The fraction of sp³-hybridized carbons (Fsp3) is 0.438. The van der Waals surface area contributed by atoms with Crippen LogP contribution in [0.15, 0.2) is 18.2 Å². The van der Waals surface area contributed by atoms with Crippen LogP contribution in [0.1, 0.15) is 33.1 Å². The molecule has 1 aromatic rings. The van der Waals surface area contributed by atoms with Gasteiger partial charge in [0.1, 0.15) is 6.04 Å². The van der Waals surface area contributed by atoms with Gasteiger partial charge in [-0.25, -0.2) is 4.79 Å². The zero-order chi connectivity index (χ0) is 21.9. The van der Waals surface area contributed by atoms with Gasteiger partial charge in [0.25, 0.3) is 0 Å². The Bertz CT molecular complexity index is 735. The molecule has 0 aliphatic carbocycles. The molecule has 1 rings (SSSR count). The third-order valence-electron chi connectivity index (χ3n) is 3.26. The number of hydrogen-bond donors (Lipinski definition) is 7. The van der Waals surface area contributed by atoms with Gasteiger partial charge in [-0.15, -0.1) is 0 Å². The molecule has 1 aromatic carbocycles. The third kappa shape index (κ3) is 10.1. The summed E-state index contributed by atoms with van der Waals surface area (Å²) < 4.78 is 28.4. The molecular weight excluding hydrogens is 437 g/mol. The first-order chi connectivity index (χ1) is 12.9. The zero-order valence-electron chi connectivity index (χ0n) is 15.6. The van der Waals surface area contributed by atoms with Gasteiger partial charge in [0.2, 0.25) is 5.91 Å². The topological polar surface area (TPSA) is 199 Å². The fourth-order valence-electron chi connectivity index (χ4n) is 2.05. The van der Waals surface area contributed by atoms with Crippen LogP contribution in [-0.4, -0.2) is 62.9 Å². The van der Waals surface area contributed by atoms with Crippen molar-refractivity contribution in [3.8, 4) is 5.75 Å². The Morgan fingerprint density at radius 2 is 1.75 bits per heavy atom. The summed E-state index contributed by atoms with van der Waals surface area (Å²) in [6, 6.07) is 3.05. The van der Waals surface area contributed by atoms with Gasteiger partial charge >= 0.3 is 94.1 Å². The molecule has 1 unspecified atom stereocenters. The minimum absolute atomic E-state index is 0.00951. The van der Waals surface area contributed by atoms with Crippen LogP contribution in [0, 0.1) is 0 Å². The van der Waals surface area contributed by atoms with Crippen molar-refractivity contribution in [3.63, 3.8) is 0 Å². The van der Waals surface area contributed by atoms with Crippen molar-refractivity contribution in [2.75, 3.05) is 11.9 Å². The molecule has 0 aliphatic heterocycles. The number of benzene rings is 1. The van der Waals surface area contributed by atoms with Crippen molar-refractivity contribution in [1.29, 1.82) is 0 Å². The number of carboxylic acid groups (broad SMARTS) is 1. The van der Waals surface area contributed by atoms with E-state index in [1.165, 1.54) is 26.0 Å². The second kappa shape index (κ2) is 12.2. The van der Waals surface area contributed by atoms with Crippen LogP contribution in [0.4, 0.5) is 5.69 Å². The van der Waals surface area contributed by atoms with E-state index in [2.05, 4.69) is 10.6 Å². The van der Waals surface area contributed by atoms with E-state index in [0.717, 1.165) is 12.5 Å². The number of rotatable bonds is 8. The van der Waals surface area contributed by atoms with Gasteiger partial charge in [-0.3, -0.25) is 4.79 Å². The summed E-state index contributed by atoms with van der Waals surface area (Å²) >= 11 is -5.15. The summed E-state index contributed by atoms with van der Waals surface area (Å²) in [7, 11) is 0. The predicted molar refractivity (Wildman–Crippen MR) is 101 cm³/mol. The Morgan fingerprint density at radius 1 is 1.14 bits per heavy atom. The normalized spacial score (nSPS) is 11.6. The number of nitrogens with one attached hydrogen (secondary N) is 2. The van der Waals surface area contributed by atoms with Crippen LogP contribution in [-0.2, 0) is 18.1 Å². The standard InChI is InChI=1S/C8H10AsNO5.C8H16N2O3/c1-5(11)10-7-4-2-3-6(8(7)12)9(13,14)15;1-6(11)10-7(8(12)13)4-2-3-5-9/h2-4,12H,1H3,(H,10,11)(H2,13,14,15);7H,2-5,9H2,1H3,(H,10,11)(H,12,13). The first kappa shape index (κ1) is 25.7. The molecular formula is C16H26AsN3O8. The minimum atomic E-state index is -5.15. The molecule has 0 aromatic heterocycles. The SMILES string of the molecule is CC(=O)NC(CCCCN)C(=O)O.CC(=O)Nc1cccc([As](=O)(O)O)c1O.